The molecule has 0 radical (unpaired) electrons. The lowest BCUT2D eigenvalue weighted by molar-refractivity contribution is 0.0600. The second kappa shape index (κ2) is 5.61. The van der Waals surface area contributed by atoms with Crippen LogP contribution in [0.1, 0.15) is 24.2 Å². The first-order chi connectivity index (χ1) is 9.01. The number of ether oxygens (including phenoxy) is 2. The highest BCUT2D eigenvalue weighted by molar-refractivity contribution is 9.10. The van der Waals surface area contributed by atoms with E-state index in [4.69, 9.17) is 9.47 Å². The van der Waals surface area contributed by atoms with Crippen LogP contribution in [-0.2, 0) is 4.74 Å². The molecule has 19 heavy (non-hydrogen) atoms. The normalized spacial score (nSPS) is 10.8. The number of hydrogen-bond acceptors (Lipinski definition) is 3. The molecule has 4 heteroatoms. The van der Waals surface area contributed by atoms with Crippen LogP contribution in [0.2, 0.25) is 0 Å². The monoisotopic (exact) mass is 322 g/mol. The molecule has 2 rings (SSSR count). The fraction of sp³-hybridized carbons (Fsp3) is 0.267. The quantitative estimate of drug-likeness (QED) is 0.795. The number of hydrogen-bond donors (Lipinski definition) is 0. The maximum absolute atomic E-state index is 11.7. The van der Waals surface area contributed by atoms with Gasteiger partial charge in [-0.15, -0.1) is 0 Å². The van der Waals surface area contributed by atoms with E-state index in [2.05, 4.69) is 15.9 Å². The van der Waals surface area contributed by atoms with Crippen LogP contribution in [0, 0.1) is 0 Å². The van der Waals surface area contributed by atoms with Crippen LogP contribution in [0.5, 0.6) is 5.75 Å². The summed E-state index contributed by atoms with van der Waals surface area (Å²) in [4.78, 5) is 11.7. The Labute approximate surface area is 120 Å². The molecule has 0 spiro atoms. The second-order valence-electron chi connectivity index (χ2n) is 4.50. The second-order valence-corrected chi connectivity index (χ2v) is 5.35. The van der Waals surface area contributed by atoms with Crippen molar-refractivity contribution in [1.29, 1.82) is 0 Å². The molecule has 0 N–H and O–H groups in total. The predicted molar refractivity (Wildman–Crippen MR) is 78.8 cm³/mol. The van der Waals surface area contributed by atoms with E-state index in [1.165, 1.54) is 7.11 Å². The number of benzene rings is 2. The summed E-state index contributed by atoms with van der Waals surface area (Å²) < 4.78 is 11.1. The molecular formula is C15H15BrO3. The fourth-order valence-electron chi connectivity index (χ4n) is 1.86. The summed E-state index contributed by atoms with van der Waals surface area (Å²) in [5.41, 5.74) is 0.511. The number of rotatable bonds is 3. The summed E-state index contributed by atoms with van der Waals surface area (Å²) in [6, 6.07) is 9.53. The van der Waals surface area contributed by atoms with Gasteiger partial charge in [0, 0.05) is 4.47 Å². The van der Waals surface area contributed by atoms with Crippen LogP contribution >= 0.6 is 15.9 Å². The van der Waals surface area contributed by atoms with Crippen molar-refractivity contribution >= 4 is 32.7 Å². The number of esters is 1. The van der Waals surface area contributed by atoms with E-state index in [0.29, 0.717) is 5.56 Å². The van der Waals surface area contributed by atoms with Crippen molar-refractivity contribution in [3.8, 4) is 5.75 Å². The molecule has 0 aliphatic carbocycles. The lowest BCUT2D eigenvalue weighted by atomic mass is 10.1. The highest BCUT2D eigenvalue weighted by Crippen LogP contribution is 2.28. The Morgan fingerprint density at radius 2 is 1.89 bits per heavy atom. The molecule has 0 saturated heterocycles. The highest BCUT2D eigenvalue weighted by Gasteiger charge is 2.12. The molecular weight excluding hydrogens is 308 g/mol. The summed E-state index contributed by atoms with van der Waals surface area (Å²) in [7, 11) is 1.37. The molecule has 0 aliphatic rings. The SMILES string of the molecule is COC(=O)c1cc2cc(OC(C)C)ccc2cc1Br. The standard InChI is InChI=1S/C15H15BrO3/c1-9(2)19-12-5-4-10-8-14(16)13(15(17)18-3)7-11(10)6-12/h4-9H,1-3H3. The Morgan fingerprint density at radius 1 is 1.16 bits per heavy atom. The third-order valence-electron chi connectivity index (χ3n) is 2.67. The van der Waals surface area contributed by atoms with Crippen LogP contribution in [0.15, 0.2) is 34.8 Å². The van der Waals surface area contributed by atoms with Crippen molar-refractivity contribution in [2.75, 3.05) is 7.11 Å². The molecule has 3 nitrogen and oxygen atoms in total. The number of carbonyl (C=O) groups is 1. The largest absolute Gasteiger partial charge is 0.491 e. The van der Waals surface area contributed by atoms with Gasteiger partial charge in [-0.05, 0) is 64.8 Å². The van der Waals surface area contributed by atoms with Crippen molar-refractivity contribution in [2.45, 2.75) is 20.0 Å². The molecule has 0 aliphatic heterocycles. The van der Waals surface area contributed by atoms with Crippen LogP contribution in [-0.4, -0.2) is 19.2 Å². The van der Waals surface area contributed by atoms with Crippen molar-refractivity contribution in [3.63, 3.8) is 0 Å². The van der Waals surface area contributed by atoms with Crippen molar-refractivity contribution in [3.05, 3.63) is 40.4 Å². The number of methoxy groups -OCH3 is 1. The Hall–Kier alpha value is -1.55. The van der Waals surface area contributed by atoms with Crippen LogP contribution in [0.25, 0.3) is 10.8 Å². The molecule has 0 aromatic heterocycles. The van der Waals surface area contributed by atoms with Crippen molar-refractivity contribution in [2.24, 2.45) is 0 Å². The summed E-state index contributed by atoms with van der Waals surface area (Å²) in [5.74, 6) is 0.435. The molecule has 0 amide bonds. The lowest BCUT2D eigenvalue weighted by Crippen LogP contribution is -2.05. The van der Waals surface area contributed by atoms with Gasteiger partial charge >= 0.3 is 5.97 Å². The molecule has 2 aromatic carbocycles. The molecule has 0 fully saturated rings. The van der Waals surface area contributed by atoms with Crippen molar-refractivity contribution in [1.82, 2.24) is 0 Å². The average molecular weight is 323 g/mol. The van der Waals surface area contributed by atoms with E-state index < -0.39 is 0 Å². The first-order valence-corrected chi connectivity index (χ1v) is 6.79. The van der Waals surface area contributed by atoms with Gasteiger partial charge in [0.1, 0.15) is 5.75 Å². The minimum absolute atomic E-state index is 0.118. The van der Waals surface area contributed by atoms with E-state index >= 15 is 0 Å². The Bertz CT molecular complexity index is 620. The molecule has 0 atom stereocenters. The number of carbonyl (C=O) groups excluding carboxylic acids is 1. The zero-order valence-corrected chi connectivity index (χ0v) is 12.7. The minimum Gasteiger partial charge on any atom is -0.491 e. The van der Waals surface area contributed by atoms with Crippen molar-refractivity contribution < 1.29 is 14.3 Å². The van der Waals surface area contributed by atoms with Gasteiger partial charge in [0.05, 0.1) is 18.8 Å². The molecule has 0 heterocycles. The zero-order valence-electron chi connectivity index (χ0n) is 11.1. The van der Waals surface area contributed by atoms with Gasteiger partial charge < -0.3 is 9.47 Å². The van der Waals surface area contributed by atoms with E-state index in [1.54, 1.807) is 6.07 Å². The fourth-order valence-corrected chi connectivity index (χ4v) is 2.38. The third-order valence-corrected chi connectivity index (χ3v) is 3.33. The Morgan fingerprint density at radius 3 is 2.53 bits per heavy atom. The minimum atomic E-state index is -0.357. The van der Waals surface area contributed by atoms with E-state index in [1.807, 2.05) is 38.1 Å². The average Bonchev–Trinajstić information content (AvgIpc) is 2.36. The topological polar surface area (TPSA) is 35.5 Å². The molecule has 100 valence electrons. The van der Waals surface area contributed by atoms with E-state index in [-0.39, 0.29) is 12.1 Å². The van der Waals surface area contributed by atoms with Gasteiger partial charge in [0.25, 0.3) is 0 Å². The lowest BCUT2D eigenvalue weighted by Gasteiger charge is -2.11. The number of fused-ring (bicyclic) bond motifs is 1. The first kappa shape index (κ1) is 13.9. The van der Waals surface area contributed by atoms with Gasteiger partial charge in [-0.3, -0.25) is 0 Å². The Kier molecular flexibility index (Phi) is 4.10. The van der Waals surface area contributed by atoms with Gasteiger partial charge in [-0.25, -0.2) is 4.79 Å². The van der Waals surface area contributed by atoms with Crippen LogP contribution in [0.4, 0.5) is 0 Å². The van der Waals surface area contributed by atoms with Gasteiger partial charge in [0.2, 0.25) is 0 Å². The molecule has 0 saturated carbocycles. The Balaban J connectivity index is 2.51. The highest BCUT2D eigenvalue weighted by atomic mass is 79.9. The molecule has 0 unspecified atom stereocenters. The summed E-state index contributed by atoms with van der Waals surface area (Å²) in [6.45, 7) is 3.96. The summed E-state index contributed by atoms with van der Waals surface area (Å²) >= 11 is 3.39. The molecule has 0 bridgehead atoms. The van der Waals surface area contributed by atoms with E-state index in [9.17, 15) is 4.79 Å². The predicted octanol–water partition coefficient (Wildman–Crippen LogP) is 4.18. The first-order valence-electron chi connectivity index (χ1n) is 5.99. The van der Waals surface area contributed by atoms with Crippen LogP contribution in [0.3, 0.4) is 0 Å². The van der Waals surface area contributed by atoms with Gasteiger partial charge in [-0.1, -0.05) is 6.07 Å². The van der Waals surface area contributed by atoms with Crippen LogP contribution < -0.4 is 4.74 Å². The maximum atomic E-state index is 11.7. The maximum Gasteiger partial charge on any atom is 0.339 e. The van der Waals surface area contributed by atoms with E-state index in [0.717, 1.165) is 21.0 Å². The smallest absolute Gasteiger partial charge is 0.339 e. The third kappa shape index (κ3) is 3.07. The van der Waals surface area contributed by atoms with Gasteiger partial charge in [-0.2, -0.15) is 0 Å². The molecule has 2 aromatic rings. The zero-order chi connectivity index (χ0) is 14.0. The summed E-state index contributed by atoms with van der Waals surface area (Å²) in [5, 5.41) is 1.98. The number of halogens is 1. The van der Waals surface area contributed by atoms with Gasteiger partial charge in [0.15, 0.2) is 0 Å². The summed E-state index contributed by atoms with van der Waals surface area (Å²) in [6.07, 6.45) is 0.118.